The molecule has 1 N–H and O–H groups in total. The van der Waals surface area contributed by atoms with E-state index in [1.807, 2.05) is 35.2 Å². The topological polar surface area (TPSA) is 62.2 Å². The first-order valence-electron chi connectivity index (χ1n) is 11.7. The fourth-order valence-electron chi connectivity index (χ4n) is 4.65. The molecule has 0 unspecified atom stereocenters. The van der Waals surface area contributed by atoms with E-state index in [2.05, 4.69) is 29.2 Å². The van der Waals surface area contributed by atoms with Crippen molar-refractivity contribution in [2.45, 2.75) is 18.9 Å². The lowest BCUT2D eigenvalue weighted by Gasteiger charge is -2.31. The van der Waals surface area contributed by atoms with E-state index in [0.717, 1.165) is 36.2 Å². The highest BCUT2D eigenvalue weighted by molar-refractivity contribution is 6.06. The summed E-state index contributed by atoms with van der Waals surface area (Å²) in [6.45, 7) is 2.22. The number of hydrogen-bond acceptors (Lipinski definition) is 5. The number of rotatable bonds is 9. The second-order valence-electron chi connectivity index (χ2n) is 8.46. The van der Waals surface area contributed by atoms with Crippen molar-refractivity contribution in [3.63, 3.8) is 0 Å². The van der Waals surface area contributed by atoms with Gasteiger partial charge >= 0.3 is 0 Å². The molecule has 0 aromatic heterocycles. The molecule has 178 valence electrons. The van der Waals surface area contributed by atoms with Gasteiger partial charge in [-0.15, -0.1) is 0 Å². The zero-order valence-electron chi connectivity index (χ0n) is 19.8. The number of anilines is 1. The van der Waals surface area contributed by atoms with Gasteiger partial charge in [0.1, 0.15) is 0 Å². The quantitative estimate of drug-likeness (QED) is 0.510. The Hall–Kier alpha value is -3.35. The van der Waals surface area contributed by atoms with Crippen molar-refractivity contribution in [1.29, 1.82) is 0 Å². The van der Waals surface area contributed by atoms with Crippen molar-refractivity contribution in [3.8, 4) is 22.6 Å². The zero-order valence-corrected chi connectivity index (χ0v) is 19.8. The lowest BCUT2D eigenvalue weighted by atomic mass is 10.0. The predicted molar refractivity (Wildman–Crippen MR) is 135 cm³/mol. The molecule has 0 radical (unpaired) electrons. The number of carbonyl (C=O) groups is 1. The monoisotopic (exact) mass is 460 g/mol. The second-order valence-corrected chi connectivity index (χ2v) is 8.46. The summed E-state index contributed by atoms with van der Waals surface area (Å²) in [7, 11) is 3.15. The molecule has 4 rings (SSSR count). The van der Waals surface area contributed by atoms with E-state index in [9.17, 15) is 9.90 Å². The fourth-order valence-corrected chi connectivity index (χ4v) is 4.65. The summed E-state index contributed by atoms with van der Waals surface area (Å²) >= 11 is 0. The number of methoxy groups -OCH3 is 2. The summed E-state index contributed by atoms with van der Waals surface area (Å²) in [5.74, 6) is 1.01. The summed E-state index contributed by atoms with van der Waals surface area (Å²) in [6, 6.07) is 23.7. The van der Waals surface area contributed by atoms with Crippen LogP contribution in [0.2, 0.25) is 0 Å². The van der Waals surface area contributed by atoms with Gasteiger partial charge in [0.2, 0.25) is 0 Å². The van der Waals surface area contributed by atoms with E-state index in [1.54, 1.807) is 32.4 Å². The summed E-state index contributed by atoms with van der Waals surface area (Å²) in [5, 5.41) is 9.50. The Morgan fingerprint density at radius 2 is 1.74 bits per heavy atom. The first-order valence-corrected chi connectivity index (χ1v) is 11.7. The maximum absolute atomic E-state index is 13.9. The van der Waals surface area contributed by atoms with Gasteiger partial charge in [-0.2, -0.15) is 0 Å². The first kappa shape index (κ1) is 23.8. The third kappa shape index (κ3) is 5.24. The van der Waals surface area contributed by atoms with Crippen LogP contribution in [0.3, 0.4) is 0 Å². The van der Waals surface area contributed by atoms with Crippen molar-refractivity contribution in [2.75, 3.05) is 45.4 Å². The van der Waals surface area contributed by atoms with Crippen LogP contribution in [0, 0.1) is 0 Å². The van der Waals surface area contributed by atoms with Crippen LogP contribution in [0.4, 0.5) is 5.69 Å². The number of aliphatic hydroxyl groups is 1. The molecular weight excluding hydrogens is 428 g/mol. The summed E-state index contributed by atoms with van der Waals surface area (Å²) < 4.78 is 10.8. The van der Waals surface area contributed by atoms with Crippen LogP contribution in [-0.2, 0) is 0 Å². The molecule has 1 amide bonds. The van der Waals surface area contributed by atoms with E-state index >= 15 is 0 Å². The third-order valence-corrected chi connectivity index (χ3v) is 6.42. The molecular formula is C28H32N2O4. The molecule has 0 saturated carbocycles. The molecule has 0 aliphatic carbocycles. The molecule has 0 spiro atoms. The highest BCUT2D eigenvalue weighted by atomic mass is 16.5. The Bertz CT molecular complexity index is 1100. The maximum atomic E-state index is 13.9. The highest BCUT2D eigenvalue weighted by Gasteiger charge is 2.29. The number of β-amino-alcohol motifs (C(OH)–C–C–N with tert-alkyl or cyclic N) is 1. The number of likely N-dealkylation sites (tertiary alicyclic amines) is 1. The Kier molecular flexibility index (Phi) is 7.83. The van der Waals surface area contributed by atoms with Crippen LogP contribution in [0.25, 0.3) is 11.1 Å². The van der Waals surface area contributed by atoms with Crippen LogP contribution in [0.1, 0.15) is 23.2 Å². The fraction of sp³-hybridized carbons (Fsp3) is 0.321. The number of carbonyl (C=O) groups excluding carboxylic acids is 1. The number of nitrogens with zero attached hydrogens (tertiary/aromatic N) is 2. The lowest BCUT2D eigenvalue weighted by molar-refractivity contribution is 0.0976. The van der Waals surface area contributed by atoms with Crippen LogP contribution in [-0.4, -0.2) is 62.4 Å². The van der Waals surface area contributed by atoms with Crippen LogP contribution >= 0.6 is 0 Å². The molecule has 1 aliphatic heterocycles. The van der Waals surface area contributed by atoms with Gasteiger partial charge in [0.05, 0.1) is 20.8 Å². The number of hydrogen-bond donors (Lipinski definition) is 1. The minimum Gasteiger partial charge on any atom is -0.493 e. The van der Waals surface area contributed by atoms with E-state index in [4.69, 9.17) is 9.47 Å². The van der Waals surface area contributed by atoms with Gasteiger partial charge in [-0.3, -0.25) is 9.69 Å². The number of amides is 1. The molecule has 6 heteroatoms. The molecule has 1 heterocycles. The predicted octanol–water partition coefficient (Wildman–Crippen LogP) is 4.47. The van der Waals surface area contributed by atoms with Gasteiger partial charge in [0, 0.05) is 30.4 Å². The summed E-state index contributed by atoms with van der Waals surface area (Å²) in [4.78, 5) is 18.0. The Balaban J connectivity index is 1.71. The SMILES string of the molecule is COc1ccc(C(=O)N(C[C@@H]2CCCN2CCO)c2cccc(-c3ccccc3)c2)cc1OC. The van der Waals surface area contributed by atoms with Crippen LogP contribution < -0.4 is 14.4 Å². The second kappa shape index (κ2) is 11.2. The number of benzene rings is 3. The summed E-state index contributed by atoms with van der Waals surface area (Å²) in [6.07, 6.45) is 2.06. The standard InChI is InChI=1S/C28H32N2O4/c1-33-26-14-13-23(19-27(26)34-2)28(32)30(20-25-12-7-15-29(25)16-17-31)24-11-6-10-22(18-24)21-8-4-3-5-9-21/h3-6,8-11,13-14,18-19,25,31H,7,12,15-17,20H2,1-2H3/t25-/m0/s1. The minimum absolute atomic E-state index is 0.0954. The van der Waals surface area contributed by atoms with Gasteiger partial charge in [-0.05, 0) is 60.8 Å². The lowest BCUT2D eigenvalue weighted by Crippen LogP contribution is -2.44. The van der Waals surface area contributed by atoms with Crippen molar-refractivity contribution >= 4 is 11.6 Å². The normalized spacial score (nSPS) is 15.8. The smallest absolute Gasteiger partial charge is 0.258 e. The maximum Gasteiger partial charge on any atom is 0.258 e. The Labute approximate surface area is 201 Å². The van der Waals surface area contributed by atoms with Crippen molar-refractivity contribution in [3.05, 3.63) is 78.4 Å². The van der Waals surface area contributed by atoms with Crippen LogP contribution in [0.5, 0.6) is 11.5 Å². The highest BCUT2D eigenvalue weighted by Crippen LogP contribution is 2.31. The van der Waals surface area contributed by atoms with Crippen LogP contribution in [0.15, 0.2) is 72.8 Å². The average molecular weight is 461 g/mol. The van der Waals surface area contributed by atoms with Crippen molar-refractivity contribution in [1.82, 2.24) is 4.90 Å². The van der Waals surface area contributed by atoms with Gasteiger partial charge in [0.25, 0.3) is 5.91 Å². The molecule has 0 bridgehead atoms. The van der Waals surface area contributed by atoms with E-state index in [1.165, 1.54) is 0 Å². The molecule has 1 fully saturated rings. The van der Waals surface area contributed by atoms with Gasteiger partial charge in [0.15, 0.2) is 11.5 Å². The van der Waals surface area contributed by atoms with Gasteiger partial charge in [-0.25, -0.2) is 0 Å². The van der Waals surface area contributed by atoms with Gasteiger partial charge in [-0.1, -0.05) is 42.5 Å². The first-order chi connectivity index (χ1) is 16.6. The molecule has 3 aromatic rings. The van der Waals surface area contributed by atoms with Crippen molar-refractivity contribution in [2.24, 2.45) is 0 Å². The van der Waals surface area contributed by atoms with Crippen molar-refractivity contribution < 1.29 is 19.4 Å². The van der Waals surface area contributed by atoms with Gasteiger partial charge < -0.3 is 19.5 Å². The largest absolute Gasteiger partial charge is 0.493 e. The zero-order chi connectivity index (χ0) is 23.9. The van der Waals surface area contributed by atoms with E-state index < -0.39 is 0 Å². The molecule has 1 aliphatic rings. The third-order valence-electron chi connectivity index (χ3n) is 6.42. The number of ether oxygens (including phenoxy) is 2. The molecule has 6 nitrogen and oxygen atoms in total. The van der Waals surface area contributed by atoms with E-state index in [0.29, 0.717) is 30.2 Å². The minimum atomic E-state index is -0.0954. The van der Waals surface area contributed by atoms with E-state index in [-0.39, 0.29) is 18.6 Å². The molecule has 34 heavy (non-hydrogen) atoms. The molecule has 3 aromatic carbocycles. The Morgan fingerprint density at radius 3 is 2.47 bits per heavy atom. The molecule has 1 saturated heterocycles. The summed E-state index contributed by atoms with van der Waals surface area (Å²) in [5.41, 5.74) is 3.54. The number of aliphatic hydroxyl groups excluding tert-OH is 1. The average Bonchev–Trinajstić information content (AvgIpc) is 3.34. The Morgan fingerprint density at radius 1 is 0.971 bits per heavy atom. The molecule has 1 atom stereocenters.